The molecule has 0 radical (unpaired) electrons. The van der Waals surface area contributed by atoms with E-state index in [1.165, 1.54) is 32.1 Å². The van der Waals surface area contributed by atoms with Crippen molar-refractivity contribution in [2.75, 3.05) is 26.3 Å². The van der Waals surface area contributed by atoms with Gasteiger partial charge in [-0.25, -0.2) is 0 Å². The lowest BCUT2D eigenvalue weighted by atomic mass is 9.89. The van der Waals surface area contributed by atoms with Crippen LogP contribution in [0.1, 0.15) is 64.7 Å². The van der Waals surface area contributed by atoms with Crippen LogP contribution in [0.3, 0.4) is 0 Å². The number of rotatable bonds is 5. The molecule has 0 aromatic rings. The molecule has 1 aliphatic carbocycles. The number of ether oxygens (including phenoxy) is 2. The molecule has 0 aromatic heterocycles. The Hall–Kier alpha value is -1.18. The monoisotopic (exact) mass is 396 g/mol. The van der Waals surface area contributed by atoms with Crippen molar-refractivity contribution in [3.05, 3.63) is 0 Å². The highest BCUT2D eigenvalue weighted by Crippen LogP contribution is 2.28. The van der Waals surface area contributed by atoms with Crippen LogP contribution >= 0.6 is 0 Å². The molecule has 4 atom stereocenters. The Morgan fingerprint density at radius 1 is 1.11 bits per heavy atom. The molecule has 28 heavy (non-hydrogen) atoms. The topological polar surface area (TPSA) is 88.1 Å². The van der Waals surface area contributed by atoms with E-state index in [9.17, 15) is 14.7 Å². The molecular weight excluding hydrogens is 360 g/mol. The second-order valence-corrected chi connectivity index (χ2v) is 8.54. The minimum atomic E-state index is -0.667. The first-order valence-electron chi connectivity index (χ1n) is 11.0. The van der Waals surface area contributed by atoms with Crippen molar-refractivity contribution in [3.63, 3.8) is 0 Å². The van der Waals surface area contributed by atoms with E-state index in [1.807, 2.05) is 6.92 Å². The molecule has 3 aliphatic rings. The molecule has 2 heterocycles. The molecule has 0 bridgehead atoms. The molecule has 3 fully saturated rings. The van der Waals surface area contributed by atoms with Crippen molar-refractivity contribution in [3.8, 4) is 0 Å². The van der Waals surface area contributed by atoms with E-state index in [0.29, 0.717) is 25.4 Å². The van der Waals surface area contributed by atoms with Crippen LogP contribution in [-0.2, 0) is 19.1 Å². The summed E-state index contributed by atoms with van der Waals surface area (Å²) < 4.78 is 11.8. The normalized spacial score (nSPS) is 32.1. The van der Waals surface area contributed by atoms with E-state index in [4.69, 9.17) is 9.47 Å². The summed E-state index contributed by atoms with van der Waals surface area (Å²) >= 11 is 0. The summed E-state index contributed by atoms with van der Waals surface area (Å²) in [4.78, 5) is 26.5. The summed E-state index contributed by atoms with van der Waals surface area (Å²) in [7, 11) is 0. The number of amides is 2. The van der Waals surface area contributed by atoms with Crippen LogP contribution in [0.15, 0.2) is 0 Å². The summed E-state index contributed by atoms with van der Waals surface area (Å²) in [6.07, 6.45) is 7.53. The molecule has 3 rings (SSSR count). The van der Waals surface area contributed by atoms with E-state index < -0.39 is 6.10 Å². The maximum absolute atomic E-state index is 12.4. The van der Waals surface area contributed by atoms with Gasteiger partial charge in [0, 0.05) is 19.5 Å². The summed E-state index contributed by atoms with van der Waals surface area (Å²) in [5, 5.41) is 13.1. The minimum Gasteiger partial charge on any atom is -0.389 e. The van der Waals surface area contributed by atoms with Crippen LogP contribution in [0, 0.1) is 5.92 Å². The standard InChI is InChI=1S/C21H36N2O5/c1-2-21(26)23-12-16(24)13-27-14-19-18(23)9-8-17(28-19)10-20(25)22-11-15-6-4-3-5-7-15/h15-19,24H,2-14H2,1H3,(H,22,25)/t16-,17+,18+,19-/m0/s1. The van der Waals surface area contributed by atoms with Crippen molar-refractivity contribution in [1.29, 1.82) is 0 Å². The lowest BCUT2D eigenvalue weighted by molar-refractivity contribution is -0.169. The Balaban J connectivity index is 1.50. The SMILES string of the molecule is CCC(=O)N1C[C@H](O)COC[C@@H]2O[C@@H](CC(=O)NCC3CCCCC3)CC[C@H]21. The first-order valence-corrected chi connectivity index (χ1v) is 11.0. The number of hydrogen-bond donors (Lipinski definition) is 2. The van der Waals surface area contributed by atoms with Gasteiger partial charge in [0.25, 0.3) is 0 Å². The first-order chi connectivity index (χ1) is 13.6. The van der Waals surface area contributed by atoms with Gasteiger partial charge in [0.1, 0.15) is 6.10 Å². The fourth-order valence-electron chi connectivity index (χ4n) is 4.76. The average Bonchev–Trinajstić information content (AvgIpc) is 2.70. The number of nitrogens with one attached hydrogen (secondary N) is 1. The second-order valence-electron chi connectivity index (χ2n) is 8.54. The highest BCUT2D eigenvalue weighted by molar-refractivity contribution is 5.77. The van der Waals surface area contributed by atoms with Crippen molar-refractivity contribution < 1.29 is 24.2 Å². The molecule has 2 amide bonds. The van der Waals surface area contributed by atoms with Crippen LogP contribution in [0.2, 0.25) is 0 Å². The number of aliphatic hydroxyl groups is 1. The Labute approximate surface area is 168 Å². The van der Waals surface area contributed by atoms with Crippen molar-refractivity contribution in [1.82, 2.24) is 10.2 Å². The van der Waals surface area contributed by atoms with Crippen LogP contribution in [-0.4, -0.2) is 72.5 Å². The fourth-order valence-corrected chi connectivity index (χ4v) is 4.76. The van der Waals surface area contributed by atoms with Crippen LogP contribution < -0.4 is 5.32 Å². The maximum atomic E-state index is 12.4. The fraction of sp³-hybridized carbons (Fsp3) is 0.905. The number of fused-ring (bicyclic) bond motifs is 1. The molecule has 1 saturated carbocycles. The van der Waals surface area contributed by atoms with E-state index >= 15 is 0 Å². The van der Waals surface area contributed by atoms with Crippen LogP contribution in [0.4, 0.5) is 0 Å². The van der Waals surface area contributed by atoms with Gasteiger partial charge in [-0.05, 0) is 31.6 Å². The molecule has 0 unspecified atom stereocenters. The number of aliphatic hydroxyl groups excluding tert-OH is 1. The Bertz CT molecular complexity index is 523. The van der Waals surface area contributed by atoms with Crippen LogP contribution in [0.5, 0.6) is 0 Å². The number of hydrogen-bond acceptors (Lipinski definition) is 5. The summed E-state index contributed by atoms with van der Waals surface area (Å²) in [5.74, 6) is 0.703. The van der Waals surface area contributed by atoms with E-state index in [2.05, 4.69) is 5.32 Å². The smallest absolute Gasteiger partial charge is 0.222 e. The maximum Gasteiger partial charge on any atom is 0.222 e. The molecule has 2 aliphatic heterocycles. The number of carbonyl (C=O) groups excluding carboxylic acids is 2. The highest BCUT2D eigenvalue weighted by Gasteiger charge is 2.39. The third-order valence-corrected chi connectivity index (χ3v) is 6.33. The predicted octanol–water partition coefficient (Wildman–Crippen LogP) is 1.62. The van der Waals surface area contributed by atoms with Crippen molar-refractivity contribution in [2.45, 2.75) is 89.1 Å². The largest absolute Gasteiger partial charge is 0.389 e. The molecule has 7 nitrogen and oxygen atoms in total. The lowest BCUT2D eigenvalue weighted by Crippen LogP contribution is -2.57. The molecule has 7 heteroatoms. The number of carbonyl (C=O) groups is 2. The van der Waals surface area contributed by atoms with Gasteiger partial charge in [-0.2, -0.15) is 0 Å². The van der Waals surface area contributed by atoms with Gasteiger partial charge in [0.15, 0.2) is 0 Å². The van der Waals surface area contributed by atoms with E-state index in [0.717, 1.165) is 19.4 Å². The molecule has 160 valence electrons. The van der Waals surface area contributed by atoms with Crippen molar-refractivity contribution >= 4 is 11.8 Å². The molecule has 2 saturated heterocycles. The average molecular weight is 397 g/mol. The first kappa shape index (κ1) is 21.5. The van der Waals surface area contributed by atoms with Crippen LogP contribution in [0.25, 0.3) is 0 Å². The van der Waals surface area contributed by atoms with Gasteiger partial charge in [-0.3, -0.25) is 9.59 Å². The van der Waals surface area contributed by atoms with Gasteiger partial charge in [0.2, 0.25) is 11.8 Å². The minimum absolute atomic E-state index is 0.0308. The lowest BCUT2D eigenvalue weighted by Gasteiger charge is -2.44. The highest BCUT2D eigenvalue weighted by atomic mass is 16.5. The van der Waals surface area contributed by atoms with Gasteiger partial charge >= 0.3 is 0 Å². The van der Waals surface area contributed by atoms with E-state index in [1.54, 1.807) is 4.90 Å². The quantitative estimate of drug-likeness (QED) is 0.737. The Morgan fingerprint density at radius 3 is 2.64 bits per heavy atom. The zero-order valence-electron chi connectivity index (χ0n) is 17.1. The molecule has 0 aromatic carbocycles. The molecule has 2 N–H and O–H groups in total. The van der Waals surface area contributed by atoms with Crippen molar-refractivity contribution in [2.24, 2.45) is 5.92 Å². The van der Waals surface area contributed by atoms with Gasteiger partial charge in [-0.1, -0.05) is 26.2 Å². The summed E-state index contributed by atoms with van der Waals surface area (Å²) in [6.45, 7) is 3.44. The zero-order valence-corrected chi connectivity index (χ0v) is 17.1. The Kier molecular flexibility index (Phi) is 8.11. The Morgan fingerprint density at radius 2 is 1.89 bits per heavy atom. The number of β-amino-alcohol motifs (C(OH)–C–C–N with tert-alkyl or cyclic N) is 1. The predicted molar refractivity (Wildman–Crippen MR) is 105 cm³/mol. The third kappa shape index (κ3) is 5.91. The summed E-state index contributed by atoms with van der Waals surface area (Å²) in [5.41, 5.74) is 0. The zero-order chi connectivity index (χ0) is 19.9. The van der Waals surface area contributed by atoms with Gasteiger partial charge in [-0.15, -0.1) is 0 Å². The third-order valence-electron chi connectivity index (χ3n) is 6.33. The second kappa shape index (κ2) is 10.6. The molecule has 0 spiro atoms. The van der Waals surface area contributed by atoms with Gasteiger partial charge < -0.3 is 24.8 Å². The summed E-state index contributed by atoms with van der Waals surface area (Å²) in [6, 6.07) is -0.0936. The number of nitrogens with zero attached hydrogens (tertiary/aromatic N) is 1. The van der Waals surface area contributed by atoms with E-state index in [-0.39, 0.29) is 43.2 Å². The van der Waals surface area contributed by atoms with Gasteiger partial charge in [0.05, 0.1) is 37.9 Å². The molecular formula is C21H36N2O5.